The minimum Gasteiger partial charge on any atom is -0.486 e. The average Bonchev–Trinajstić information content (AvgIpc) is 3.40. The number of halogens is 2. The van der Waals surface area contributed by atoms with Crippen LogP contribution in [0.2, 0.25) is 5.02 Å². The number of benzene rings is 2. The number of ether oxygens (including phenoxy) is 1. The van der Waals surface area contributed by atoms with Crippen molar-refractivity contribution in [2.45, 2.75) is 31.9 Å². The number of amides is 1. The Morgan fingerprint density at radius 3 is 2.72 bits per heavy atom. The number of hydrogen-bond donors (Lipinski definition) is 0. The highest BCUT2D eigenvalue weighted by molar-refractivity contribution is 6.30. The molecule has 2 aromatic carbocycles. The molecule has 0 bridgehead atoms. The predicted molar refractivity (Wildman–Crippen MR) is 106 cm³/mol. The molecule has 1 saturated heterocycles. The average molecular weight is 415 g/mol. The van der Waals surface area contributed by atoms with Crippen LogP contribution in [0.15, 0.2) is 59.3 Å². The van der Waals surface area contributed by atoms with Gasteiger partial charge in [0.1, 0.15) is 18.6 Å². The molecule has 5 nitrogen and oxygen atoms in total. The first-order chi connectivity index (χ1) is 14.1. The SMILES string of the molecule is O=C(Cc1ccc(OCc2ccc(Cl)cc2)c(F)c1)N1CCCC1c1ccon1. The van der Waals surface area contributed by atoms with E-state index in [9.17, 15) is 9.18 Å². The molecule has 0 aliphatic carbocycles. The summed E-state index contributed by atoms with van der Waals surface area (Å²) in [5, 5.41) is 4.60. The standard InChI is InChI=1S/C22H20ClFN2O3/c23-17-6-3-15(4-7-17)14-28-21-8-5-16(12-18(21)24)13-22(27)26-10-1-2-20(26)19-9-11-29-25-19/h3-9,11-12,20H,1-2,10,13-14H2. The van der Waals surface area contributed by atoms with Crippen molar-refractivity contribution in [3.05, 3.63) is 82.5 Å². The number of aromatic nitrogens is 1. The second-order valence-electron chi connectivity index (χ2n) is 7.03. The lowest BCUT2D eigenvalue weighted by Gasteiger charge is -2.23. The molecule has 0 spiro atoms. The van der Waals surface area contributed by atoms with Crippen molar-refractivity contribution in [3.8, 4) is 5.75 Å². The van der Waals surface area contributed by atoms with Gasteiger partial charge in [-0.1, -0.05) is 35.0 Å². The molecular weight excluding hydrogens is 395 g/mol. The molecule has 29 heavy (non-hydrogen) atoms. The molecule has 1 aromatic heterocycles. The zero-order chi connectivity index (χ0) is 20.2. The Bertz CT molecular complexity index is 976. The van der Waals surface area contributed by atoms with E-state index in [2.05, 4.69) is 5.16 Å². The van der Waals surface area contributed by atoms with Crippen molar-refractivity contribution in [2.24, 2.45) is 0 Å². The zero-order valence-corrected chi connectivity index (χ0v) is 16.4. The van der Waals surface area contributed by atoms with Crippen molar-refractivity contribution < 1.29 is 18.4 Å². The van der Waals surface area contributed by atoms with E-state index in [1.165, 1.54) is 12.3 Å². The van der Waals surface area contributed by atoms with Crippen molar-refractivity contribution in [1.29, 1.82) is 0 Å². The fourth-order valence-electron chi connectivity index (χ4n) is 3.56. The molecule has 1 fully saturated rings. The lowest BCUT2D eigenvalue weighted by Crippen LogP contribution is -2.32. The van der Waals surface area contributed by atoms with E-state index in [1.54, 1.807) is 35.2 Å². The quantitative estimate of drug-likeness (QED) is 0.572. The van der Waals surface area contributed by atoms with Crippen molar-refractivity contribution in [1.82, 2.24) is 10.1 Å². The molecular formula is C22H20ClFN2O3. The van der Waals surface area contributed by atoms with Gasteiger partial charge >= 0.3 is 0 Å². The smallest absolute Gasteiger partial charge is 0.227 e. The number of rotatable bonds is 6. The van der Waals surface area contributed by atoms with Crippen LogP contribution in [0, 0.1) is 5.82 Å². The summed E-state index contributed by atoms with van der Waals surface area (Å²) in [5.74, 6) is -0.388. The van der Waals surface area contributed by atoms with E-state index in [4.69, 9.17) is 20.9 Å². The van der Waals surface area contributed by atoms with Gasteiger partial charge in [-0.3, -0.25) is 4.79 Å². The van der Waals surface area contributed by atoms with Crippen LogP contribution in [0.3, 0.4) is 0 Å². The molecule has 0 radical (unpaired) electrons. The van der Waals surface area contributed by atoms with E-state index >= 15 is 0 Å². The third kappa shape index (κ3) is 4.59. The van der Waals surface area contributed by atoms with Crippen LogP contribution in [-0.4, -0.2) is 22.5 Å². The van der Waals surface area contributed by atoms with Gasteiger partial charge in [0.2, 0.25) is 5.91 Å². The fraction of sp³-hybridized carbons (Fsp3) is 0.273. The van der Waals surface area contributed by atoms with Gasteiger partial charge in [0.05, 0.1) is 12.5 Å². The summed E-state index contributed by atoms with van der Waals surface area (Å²) in [7, 11) is 0. The molecule has 1 aliphatic rings. The van der Waals surface area contributed by atoms with E-state index in [1.807, 2.05) is 12.1 Å². The van der Waals surface area contributed by atoms with Crippen molar-refractivity contribution >= 4 is 17.5 Å². The van der Waals surface area contributed by atoms with Gasteiger partial charge < -0.3 is 14.2 Å². The number of likely N-dealkylation sites (tertiary alicyclic amines) is 1. The molecule has 0 saturated carbocycles. The van der Waals surface area contributed by atoms with Gasteiger partial charge in [-0.2, -0.15) is 0 Å². The first kappa shape index (κ1) is 19.5. The van der Waals surface area contributed by atoms with Crippen LogP contribution >= 0.6 is 11.6 Å². The maximum Gasteiger partial charge on any atom is 0.227 e. The van der Waals surface area contributed by atoms with Crippen LogP contribution in [0.4, 0.5) is 4.39 Å². The second kappa shape index (κ2) is 8.66. The van der Waals surface area contributed by atoms with Gasteiger partial charge in [-0.15, -0.1) is 0 Å². The van der Waals surface area contributed by atoms with Gasteiger partial charge in [-0.25, -0.2) is 4.39 Å². The molecule has 1 amide bonds. The van der Waals surface area contributed by atoms with Crippen molar-refractivity contribution in [3.63, 3.8) is 0 Å². The number of carbonyl (C=O) groups excluding carboxylic acids is 1. The molecule has 1 aliphatic heterocycles. The maximum atomic E-state index is 14.5. The number of carbonyl (C=O) groups is 1. The molecule has 3 aromatic rings. The first-order valence-corrected chi connectivity index (χ1v) is 9.83. The third-order valence-corrected chi connectivity index (χ3v) is 5.28. The summed E-state index contributed by atoms with van der Waals surface area (Å²) < 4.78 is 24.9. The van der Waals surface area contributed by atoms with E-state index in [-0.39, 0.29) is 30.7 Å². The zero-order valence-electron chi connectivity index (χ0n) is 15.7. The van der Waals surface area contributed by atoms with E-state index < -0.39 is 5.82 Å². The Morgan fingerprint density at radius 2 is 2.00 bits per heavy atom. The normalized spacial score (nSPS) is 16.2. The summed E-state index contributed by atoms with van der Waals surface area (Å²) in [5.41, 5.74) is 2.26. The van der Waals surface area contributed by atoms with Gasteiger partial charge in [0, 0.05) is 17.6 Å². The number of nitrogens with zero attached hydrogens (tertiary/aromatic N) is 2. The molecule has 4 rings (SSSR count). The highest BCUT2D eigenvalue weighted by Crippen LogP contribution is 2.31. The Balaban J connectivity index is 1.38. The predicted octanol–water partition coefficient (Wildman–Crippen LogP) is 4.95. The highest BCUT2D eigenvalue weighted by Gasteiger charge is 2.31. The molecule has 7 heteroatoms. The van der Waals surface area contributed by atoms with Crippen LogP contribution in [0.5, 0.6) is 5.75 Å². The maximum absolute atomic E-state index is 14.5. The summed E-state index contributed by atoms with van der Waals surface area (Å²) in [6, 6.07) is 13.5. The molecule has 1 atom stereocenters. The van der Waals surface area contributed by atoms with Crippen molar-refractivity contribution in [2.75, 3.05) is 6.54 Å². The van der Waals surface area contributed by atoms with E-state index in [0.29, 0.717) is 17.1 Å². The minimum absolute atomic E-state index is 0.0512. The minimum atomic E-state index is -0.487. The largest absolute Gasteiger partial charge is 0.486 e. The Kier molecular flexibility index (Phi) is 5.81. The van der Waals surface area contributed by atoms with Crippen LogP contribution < -0.4 is 4.74 Å². The van der Waals surface area contributed by atoms with Crippen LogP contribution in [0.1, 0.15) is 35.7 Å². The molecule has 150 valence electrons. The topological polar surface area (TPSA) is 55.6 Å². The lowest BCUT2D eigenvalue weighted by molar-refractivity contribution is -0.131. The first-order valence-electron chi connectivity index (χ1n) is 9.45. The lowest BCUT2D eigenvalue weighted by atomic mass is 10.1. The van der Waals surface area contributed by atoms with Gasteiger partial charge in [0.15, 0.2) is 11.6 Å². The number of hydrogen-bond acceptors (Lipinski definition) is 4. The van der Waals surface area contributed by atoms with Gasteiger partial charge in [0.25, 0.3) is 0 Å². The highest BCUT2D eigenvalue weighted by atomic mass is 35.5. The molecule has 2 heterocycles. The fourth-order valence-corrected chi connectivity index (χ4v) is 3.68. The monoisotopic (exact) mass is 414 g/mol. The summed E-state index contributed by atoms with van der Waals surface area (Å²) in [6.45, 7) is 0.903. The van der Waals surface area contributed by atoms with Crippen LogP contribution in [0.25, 0.3) is 0 Å². The molecule has 1 unspecified atom stereocenters. The summed E-state index contributed by atoms with van der Waals surface area (Å²) in [4.78, 5) is 14.6. The second-order valence-corrected chi connectivity index (χ2v) is 7.46. The van der Waals surface area contributed by atoms with E-state index in [0.717, 1.165) is 24.1 Å². The Labute approximate surface area is 173 Å². The summed E-state index contributed by atoms with van der Waals surface area (Å²) in [6.07, 6.45) is 3.40. The molecule has 0 N–H and O–H groups in total. The summed E-state index contributed by atoms with van der Waals surface area (Å²) >= 11 is 5.86. The Hall–Kier alpha value is -2.86. The third-order valence-electron chi connectivity index (χ3n) is 5.03. The van der Waals surface area contributed by atoms with Gasteiger partial charge in [-0.05, 0) is 48.2 Å². The Morgan fingerprint density at radius 1 is 1.21 bits per heavy atom. The van der Waals surface area contributed by atoms with Crippen LogP contribution in [-0.2, 0) is 17.8 Å².